The number of fused-ring (bicyclic) bond motifs is 1. The van der Waals surface area contributed by atoms with Crippen molar-refractivity contribution in [2.75, 3.05) is 25.6 Å². The van der Waals surface area contributed by atoms with Gasteiger partial charge in [-0.3, -0.25) is 0 Å². The van der Waals surface area contributed by atoms with E-state index < -0.39 is 0 Å². The molecule has 0 saturated heterocycles. The second-order valence-corrected chi connectivity index (χ2v) is 5.54. The van der Waals surface area contributed by atoms with Gasteiger partial charge >= 0.3 is 0 Å². The highest BCUT2D eigenvalue weighted by molar-refractivity contribution is 6.28. The number of aromatic amines is 1. The van der Waals surface area contributed by atoms with Crippen molar-refractivity contribution >= 4 is 28.6 Å². The smallest absolute Gasteiger partial charge is 0.226 e. The summed E-state index contributed by atoms with van der Waals surface area (Å²) in [7, 11) is 1.71. The van der Waals surface area contributed by atoms with Gasteiger partial charge in [0.15, 0.2) is 11.5 Å². The average Bonchev–Trinajstić information content (AvgIpc) is 2.81. The van der Waals surface area contributed by atoms with Crippen LogP contribution in [-0.2, 0) is 4.74 Å². The van der Waals surface area contributed by atoms with Crippen molar-refractivity contribution in [1.82, 2.24) is 19.9 Å². The highest BCUT2D eigenvalue weighted by Crippen LogP contribution is 2.23. The molecule has 2 heterocycles. The van der Waals surface area contributed by atoms with Crippen molar-refractivity contribution in [2.24, 2.45) is 5.41 Å². The molecule has 0 aliphatic carbocycles. The van der Waals surface area contributed by atoms with Crippen molar-refractivity contribution in [1.29, 1.82) is 0 Å². The Balaban J connectivity index is 2.11. The monoisotopic (exact) mass is 283 g/mol. The lowest BCUT2D eigenvalue weighted by atomic mass is 9.90. The fourth-order valence-corrected chi connectivity index (χ4v) is 1.89. The number of imidazole rings is 1. The van der Waals surface area contributed by atoms with Gasteiger partial charge in [-0.05, 0) is 23.4 Å². The molecule has 0 fully saturated rings. The van der Waals surface area contributed by atoms with Crippen LogP contribution in [-0.4, -0.2) is 40.2 Å². The normalized spacial score (nSPS) is 12.0. The van der Waals surface area contributed by atoms with Crippen molar-refractivity contribution < 1.29 is 4.74 Å². The summed E-state index contributed by atoms with van der Waals surface area (Å²) in [5.74, 6) is 0.679. The highest BCUT2D eigenvalue weighted by atomic mass is 35.5. The zero-order valence-electron chi connectivity index (χ0n) is 11.3. The molecule has 0 unspecified atom stereocenters. The Kier molecular flexibility index (Phi) is 4.21. The molecule has 0 radical (unpaired) electrons. The van der Waals surface area contributed by atoms with Gasteiger partial charge in [-0.25, -0.2) is 4.98 Å². The summed E-state index contributed by atoms with van der Waals surface area (Å²) < 4.78 is 5.12. The van der Waals surface area contributed by atoms with Crippen molar-refractivity contribution in [3.8, 4) is 0 Å². The maximum absolute atomic E-state index is 5.88. The van der Waals surface area contributed by atoms with E-state index in [1.807, 2.05) is 0 Å². The highest BCUT2D eigenvalue weighted by Gasteiger charge is 2.18. The predicted octanol–water partition coefficient (Wildman–Crippen LogP) is 2.48. The van der Waals surface area contributed by atoms with Gasteiger partial charge in [0.2, 0.25) is 5.28 Å². The van der Waals surface area contributed by atoms with Gasteiger partial charge in [-0.2, -0.15) is 9.97 Å². The van der Waals surface area contributed by atoms with Gasteiger partial charge in [0.25, 0.3) is 0 Å². The number of ether oxygens (including phenoxy) is 1. The van der Waals surface area contributed by atoms with Gasteiger partial charge in [-0.15, -0.1) is 0 Å². The number of halogens is 1. The van der Waals surface area contributed by atoms with Gasteiger partial charge in [0.1, 0.15) is 5.52 Å². The van der Waals surface area contributed by atoms with Crippen LogP contribution in [0.15, 0.2) is 6.33 Å². The van der Waals surface area contributed by atoms with Crippen LogP contribution in [0.25, 0.3) is 11.2 Å². The molecule has 0 aromatic carbocycles. The van der Waals surface area contributed by atoms with Crippen molar-refractivity contribution in [3.05, 3.63) is 11.6 Å². The lowest BCUT2D eigenvalue weighted by Gasteiger charge is -2.24. The van der Waals surface area contributed by atoms with Crippen LogP contribution >= 0.6 is 11.6 Å². The van der Waals surface area contributed by atoms with Gasteiger partial charge in [-0.1, -0.05) is 13.8 Å². The molecule has 6 nitrogen and oxygen atoms in total. The standard InChI is InChI=1S/C12H18ClN5O/c1-12(2,4-5-19-3)6-14-9-8-10(16-7-15-8)18-11(13)17-9/h7H,4-6H2,1-3H3,(H2,14,15,16,17,18). The molecule has 0 aliphatic rings. The number of rotatable bonds is 6. The van der Waals surface area contributed by atoms with Gasteiger partial charge < -0.3 is 15.0 Å². The number of hydrogen-bond donors (Lipinski definition) is 2. The minimum absolute atomic E-state index is 0.0970. The number of aromatic nitrogens is 4. The summed E-state index contributed by atoms with van der Waals surface area (Å²) >= 11 is 5.88. The minimum atomic E-state index is 0.0970. The lowest BCUT2D eigenvalue weighted by molar-refractivity contribution is 0.157. The summed E-state index contributed by atoms with van der Waals surface area (Å²) in [6.45, 7) is 5.84. The maximum atomic E-state index is 5.88. The van der Waals surface area contributed by atoms with E-state index in [-0.39, 0.29) is 10.7 Å². The van der Waals surface area contributed by atoms with Crippen LogP contribution in [0.5, 0.6) is 0 Å². The Hall–Kier alpha value is -1.40. The zero-order chi connectivity index (χ0) is 13.9. The second-order valence-electron chi connectivity index (χ2n) is 5.20. The van der Waals surface area contributed by atoms with Crippen LogP contribution in [0.1, 0.15) is 20.3 Å². The summed E-state index contributed by atoms with van der Waals surface area (Å²) in [6, 6.07) is 0. The van der Waals surface area contributed by atoms with E-state index in [0.717, 1.165) is 25.1 Å². The molecule has 2 N–H and O–H groups in total. The molecule has 104 valence electrons. The van der Waals surface area contributed by atoms with Gasteiger partial charge in [0, 0.05) is 20.3 Å². The third-order valence-corrected chi connectivity index (χ3v) is 3.14. The first-order valence-corrected chi connectivity index (χ1v) is 6.49. The molecule has 0 saturated carbocycles. The Labute approximate surface area is 117 Å². The number of H-pyrrole nitrogens is 1. The predicted molar refractivity (Wildman–Crippen MR) is 75.5 cm³/mol. The number of methoxy groups -OCH3 is 1. The first-order valence-electron chi connectivity index (χ1n) is 6.11. The van der Waals surface area contributed by atoms with E-state index in [4.69, 9.17) is 16.3 Å². The number of hydrogen-bond acceptors (Lipinski definition) is 5. The third-order valence-electron chi connectivity index (χ3n) is 2.98. The molecular formula is C12H18ClN5O. The molecule has 2 rings (SSSR count). The zero-order valence-corrected chi connectivity index (χ0v) is 12.1. The van der Waals surface area contributed by atoms with E-state index in [1.165, 1.54) is 0 Å². The second kappa shape index (κ2) is 5.71. The number of nitrogens with zero attached hydrogens (tertiary/aromatic N) is 3. The number of anilines is 1. The Morgan fingerprint density at radius 2 is 2.21 bits per heavy atom. The Bertz CT molecular complexity index is 554. The molecule has 0 atom stereocenters. The van der Waals surface area contributed by atoms with Crippen LogP contribution in [0.4, 0.5) is 5.82 Å². The van der Waals surface area contributed by atoms with E-state index in [9.17, 15) is 0 Å². The van der Waals surface area contributed by atoms with E-state index in [1.54, 1.807) is 13.4 Å². The average molecular weight is 284 g/mol. The number of nitrogens with one attached hydrogen (secondary N) is 2. The van der Waals surface area contributed by atoms with E-state index >= 15 is 0 Å². The fraction of sp³-hybridized carbons (Fsp3) is 0.583. The lowest BCUT2D eigenvalue weighted by Crippen LogP contribution is -2.25. The van der Waals surface area contributed by atoms with Crippen LogP contribution in [0.3, 0.4) is 0 Å². The van der Waals surface area contributed by atoms with Gasteiger partial charge in [0.05, 0.1) is 6.33 Å². The summed E-state index contributed by atoms with van der Waals surface area (Å²) in [4.78, 5) is 15.3. The largest absolute Gasteiger partial charge is 0.385 e. The first-order chi connectivity index (χ1) is 9.02. The van der Waals surface area contributed by atoms with Crippen molar-refractivity contribution in [2.45, 2.75) is 20.3 Å². The fourth-order valence-electron chi connectivity index (χ4n) is 1.72. The summed E-state index contributed by atoms with van der Waals surface area (Å²) in [5, 5.41) is 3.49. The molecule has 19 heavy (non-hydrogen) atoms. The third kappa shape index (κ3) is 3.54. The molecular weight excluding hydrogens is 266 g/mol. The van der Waals surface area contributed by atoms with Crippen LogP contribution in [0.2, 0.25) is 5.28 Å². The maximum Gasteiger partial charge on any atom is 0.226 e. The van der Waals surface area contributed by atoms with Crippen molar-refractivity contribution in [3.63, 3.8) is 0 Å². The Morgan fingerprint density at radius 3 is 2.95 bits per heavy atom. The quantitative estimate of drug-likeness (QED) is 0.797. The van der Waals surface area contributed by atoms with Crippen LogP contribution in [0, 0.1) is 5.41 Å². The molecule has 0 spiro atoms. The molecule has 0 aliphatic heterocycles. The van der Waals surface area contributed by atoms with Crippen LogP contribution < -0.4 is 5.32 Å². The SMILES string of the molecule is COCCC(C)(C)CNc1nc(Cl)nc2nc[nH]c12. The topological polar surface area (TPSA) is 75.7 Å². The summed E-state index contributed by atoms with van der Waals surface area (Å²) in [5.41, 5.74) is 1.43. The summed E-state index contributed by atoms with van der Waals surface area (Å²) in [6.07, 6.45) is 2.54. The molecule has 0 bridgehead atoms. The molecule has 7 heteroatoms. The van der Waals surface area contributed by atoms with E-state index in [0.29, 0.717) is 11.5 Å². The molecule has 0 amide bonds. The molecule has 2 aromatic rings. The first kappa shape index (κ1) is 14.0. The Morgan fingerprint density at radius 1 is 1.42 bits per heavy atom. The molecule has 2 aromatic heterocycles. The van der Waals surface area contributed by atoms with E-state index in [2.05, 4.69) is 39.1 Å². The minimum Gasteiger partial charge on any atom is -0.385 e.